The summed E-state index contributed by atoms with van der Waals surface area (Å²) in [6.07, 6.45) is 3.21. The van der Waals surface area contributed by atoms with Crippen LogP contribution in [0, 0.1) is 5.92 Å². The van der Waals surface area contributed by atoms with E-state index in [1.807, 2.05) is 13.8 Å². The Hall–Kier alpha value is -3.42. The van der Waals surface area contributed by atoms with Crippen molar-refractivity contribution in [3.8, 4) is 0 Å². The maximum Gasteiger partial charge on any atom is 0.306 e. The molecule has 8 nitrogen and oxygen atoms in total. The summed E-state index contributed by atoms with van der Waals surface area (Å²) in [6, 6.07) is 8.07. The average molecular weight is 413 g/mol. The fraction of sp³-hybridized carbons (Fsp3) is 0.364. The third kappa shape index (κ3) is 6.58. The van der Waals surface area contributed by atoms with Gasteiger partial charge in [0.2, 0.25) is 11.8 Å². The van der Waals surface area contributed by atoms with Gasteiger partial charge in [0, 0.05) is 23.6 Å². The smallest absolute Gasteiger partial charge is 0.306 e. The third-order valence-corrected chi connectivity index (χ3v) is 4.56. The number of carboxylic acids is 1. The Balaban J connectivity index is 2.15. The number of hydrogen-bond donors (Lipinski definition) is 3. The Bertz CT molecular complexity index is 888. The maximum absolute atomic E-state index is 12.8. The summed E-state index contributed by atoms with van der Waals surface area (Å²) in [5.74, 6) is -2.02. The van der Waals surface area contributed by atoms with E-state index in [1.165, 1.54) is 11.5 Å². The minimum Gasteiger partial charge on any atom is -0.481 e. The lowest BCUT2D eigenvalue weighted by Crippen LogP contribution is -2.47. The minimum atomic E-state index is -1.11. The SMILES string of the molecule is CC(=O)c1ccc(NC(=O)[C@H](CC(C)C)NC(=O)[C@@H](CC(=O)O)n2cccc2)cc1. The van der Waals surface area contributed by atoms with E-state index in [2.05, 4.69) is 10.6 Å². The second-order valence-electron chi connectivity index (χ2n) is 7.56. The van der Waals surface area contributed by atoms with Crippen molar-refractivity contribution < 1.29 is 24.3 Å². The highest BCUT2D eigenvalue weighted by molar-refractivity contribution is 5.99. The molecule has 0 bridgehead atoms. The lowest BCUT2D eigenvalue weighted by Gasteiger charge is -2.24. The summed E-state index contributed by atoms with van der Waals surface area (Å²) in [4.78, 5) is 48.3. The highest BCUT2D eigenvalue weighted by Gasteiger charge is 2.28. The highest BCUT2D eigenvalue weighted by atomic mass is 16.4. The van der Waals surface area contributed by atoms with E-state index in [-0.39, 0.29) is 11.7 Å². The predicted octanol–water partition coefficient (Wildman–Crippen LogP) is 2.88. The van der Waals surface area contributed by atoms with E-state index in [1.54, 1.807) is 48.8 Å². The number of nitrogens with zero attached hydrogens (tertiary/aromatic N) is 1. The normalized spacial score (nSPS) is 12.8. The summed E-state index contributed by atoms with van der Waals surface area (Å²) in [6.45, 7) is 5.31. The van der Waals surface area contributed by atoms with Crippen LogP contribution in [0.1, 0.15) is 50.0 Å². The number of carbonyl (C=O) groups excluding carboxylic acids is 3. The van der Waals surface area contributed by atoms with E-state index in [9.17, 15) is 24.3 Å². The van der Waals surface area contributed by atoms with Crippen LogP contribution in [-0.4, -0.2) is 39.3 Å². The number of Topliss-reactive ketones (excluding diaryl/α,β-unsaturated/α-hetero) is 1. The Kier molecular flexibility index (Phi) is 7.91. The molecular weight excluding hydrogens is 386 g/mol. The monoisotopic (exact) mass is 413 g/mol. The van der Waals surface area contributed by atoms with Gasteiger partial charge in [-0.2, -0.15) is 0 Å². The van der Waals surface area contributed by atoms with Crippen LogP contribution in [0.5, 0.6) is 0 Å². The summed E-state index contributed by atoms with van der Waals surface area (Å²) in [5, 5.41) is 14.6. The van der Waals surface area contributed by atoms with Crippen LogP contribution in [0.25, 0.3) is 0 Å². The molecule has 30 heavy (non-hydrogen) atoms. The molecule has 0 unspecified atom stereocenters. The van der Waals surface area contributed by atoms with Crippen molar-refractivity contribution in [1.82, 2.24) is 9.88 Å². The van der Waals surface area contributed by atoms with Gasteiger partial charge in [-0.3, -0.25) is 19.2 Å². The van der Waals surface area contributed by atoms with E-state index in [0.717, 1.165) is 0 Å². The second kappa shape index (κ2) is 10.4. The van der Waals surface area contributed by atoms with Crippen molar-refractivity contribution in [3.05, 3.63) is 54.4 Å². The quantitative estimate of drug-likeness (QED) is 0.518. The van der Waals surface area contributed by atoms with Gasteiger partial charge in [-0.1, -0.05) is 13.8 Å². The Morgan fingerprint density at radius 2 is 1.60 bits per heavy atom. The van der Waals surface area contributed by atoms with Gasteiger partial charge in [-0.25, -0.2) is 0 Å². The van der Waals surface area contributed by atoms with Crippen molar-refractivity contribution >= 4 is 29.3 Å². The van der Waals surface area contributed by atoms with E-state index < -0.39 is 36.3 Å². The molecule has 1 aromatic carbocycles. The molecule has 2 rings (SSSR count). The zero-order chi connectivity index (χ0) is 22.3. The minimum absolute atomic E-state index is 0.0766. The molecule has 0 aliphatic heterocycles. The molecule has 1 heterocycles. The predicted molar refractivity (Wildman–Crippen MR) is 112 cm³/mol. The molecular formula is C22H27N3O5. The number of ketones is 1. The number of rotatable bonds is 10. The molecule has 2 aromatic rings. The first kappa shape index (κ1) is 22.9. The second-order valence-corrected chi connectivity index (χ2v) is 7.56. The van der Waals surface area contributed by atoms with Crippen molar-refractivity contribution in [2.45, 2.75) is 45.7 Å². The number of hydrogen-bond acceptors (Lipinski definition) is 4. The molecule has 0 saturated heterocycles. The Morgan fingerprint density at radius 1 is 1.00 bits per heavy atom. The molecule has 0 fully saturated rings. The van der Waals surface area contributed by atoms with Crippen LogP contribution in [0.3, 0.4) is 0 Å². The molecule has 0 saturated carbocycles. The summed E-state index contributed by atoms with van der Waals surface area (Å²) < 4.78 is 1.51. The van der Waals surface area contributed by atoms with Crippen molar-refractivity contribution in [3.63, 3.8) is 0 Å². The first-order chi connectivity index (χ1) is 14.2. The van der Waals surface area contributed by atoms with Crippen molar-refractivity contribution in [2.24, 2.45) is 5.92 Å². The van der Waals surface area contributed by atoms with Crippen LogP contribution in [0.15, 0.2) is 48.8 Å². The highest BCUT2D eigenvalue weighted by Crippen LogP contribution is 2.16. The number of carbonyl (C=O) groups is 4. The van der Waals surface area contributed by atoms with Gasteiger partial charge >= 0.3 is 5.97 Å². The number of anilines is 1. The van der Waals surface area contributed by atoms with Gasteiger partial charge in [0.05, 0.1) is 6.42 Å². The molecule has 0 radical (unpaired) electrons. The summed E-state index contributed by atoms with van der Waals surface area (Å²) >= 11 is 0. The van der Waals surface area contributed by atoms with Crippen LogP contribution in [-0.2, 0) is 14.4 Å². The van der Waals surface area contributed by atoms with Crippen LogP contribution in [0.2, 0.25) is 0 Å². The molecule has 0 spiro atoms. The fourth-order valence-electron chi connectivity index (χ4n) is 3.04. The van der Waals surface area contributed by atoms with Gasteiger partial charge in [0.15, 0.2) is 5.78 Å². The molecule has 2 amide bonds. The average Bonchev–Trinajstić information content (AvgIpc) is 3.19. The van der Waals surface area contributed by atoms with Crippen LogP contribution in [0.4, 0.5) is 5.69 Å². The third-order valence-electron chi connectivity index (χ3n) is 4.56. The Morgan fingerprint density at radius 3 is 2.10 bits per heavy atom. The first-order valence-corrected chi connectivity index (χ1v) is 9.74. The number of benzene rings is 1. The molecule has 8 heteroatoms. The summed E-state index contributed by atoms with van der Waals surface area (Å²) in [5.41, 5.74) is 1.03. The first-order valence-electron chi connectivity index (χ1n) is 9.74. The Labute approximate surface area is 175 Å². The van der Waals surface area contributed by atoms with Crippen molar-refractivity contribution in [2.75, 3.05) is 5.32 Å². The molecule has 0 aliphatic rings. The number of aromatic nitrogens is 1. The van der Waals surface area contributed by atoms with Gasteiger partial charge in [-0.15, -0.1) is 0 Å². The van der Waals surface area contributed by atoms with Gasteiger partial charge in [-0.05, 0) is 55.7 Å². The lowest BCUT2D eigenvalue weighted by atomic mass is 10.0. The topological polar surface area (TPSA) is 118 Å². The molecule has 2 atom stereocenters. The fourth-order valence-corrected chi connectivity index (χ4v) is 3.04. The summed E-state index contributed by atoms with van der Waals surface area (Å²) in [7, 11) is 0. The van der Waals surface area contributed by atoms with E-state index >= 15 is 0 Å². The zero-order valence-electron chi connectivity index (χ0n) is 17.3. The van der Waals surface area contributed by atoms with Crippen LogP contribution < -0.4 is 10.6 Å². The van der Waals surface area contributed by atoms with E-state index in [4.69, 9.17) is 0 Å². The number of amides is 2. The molecule has 0 aliphatic carbocycles. The lowest BCUT2D eigenvalue weighted by molar-refractivity contribution is -0.141. The van der Waals surface area contributed by atoms with Crippen molar-refractivity contribution in [1.29, 1.82) is 0 Å². The molecule has 3 N–H and O–H groups in total. The molecule has 1 aromatic heterocycles. The standard InChI is InChI=1S/C22H27N3O5/c1-14(2)12-18(21(29)23-17-8-6-16(7-9-17)15(3)26)24-22(30)19(13-20(27)28)25-10-4-5-11-25/h4-11,14,18-19H,12-13H2,1-3H3,(H,23,29)(H,24,30)(H,27,28)/t18-,19+/m0/s1. The van der Waals surface area contributed by atoms with Gasteiger partial charge in [0.25, 0.3) is 0 Å². The van der Waals surface area contributed by atoms with Gasteiger partial charge in [0.1, 0.15) is 12.1 Å². The molecule has 160 valence electrons. The number of nitrogens with one attached hydrogen (secondary N) is 2. The van der Waals surface area contributed by atoms with Crippen LogP contribution >= 0.6 is 0 Å². The van der Waals surface area contributed by atoms with Gasteiger partial charge < -0.3 is 20.3 Å². The number of aliphatic carboxylic acids is 1. The maximum atomic E-state index is 12.8. The number of carboxylic acid groups (broad SMARTS) is 1. The van der Waals surface area contributed by atoms with E-state index in [0.29, 0.717) is 17.7 Å². The zero-order valence-corrected chi connectivity index (χ0v) is 17.3. The largest absolute Gasteiger partial charge is 0.481 e.